The second kappa shape index (κ2) is 5.97. The van der Waals surface area contributed by atoms with Gasteiger partial charge in [0.05, 0.1) is 18.7 Å². The fourth-order valence-electron chi connectivity index (χ4n) is 1.60. The normalized spacial score (nSPS) is 10.3. The SMILES string of the molecule is COCCC(=O)Nc1cccc(-c2ccn[nH]2)c1. The first kappa shape index (κ1) is 12.3. The van der Waals surface area contributed by atoms with Crippen LogP contribution in [0.4, 0.5) is 5.69 Å². The highest BCUT2D eigenvalue weighted by Crippen LogP contribution is 2.20. The number of amides is 1. The fraction of sp³-hybridized carbons (Fsp3) is 0.231. The average molecular weight is 245 g/mol. The van der Waals surface area contributed by atoms with Crippen LogP contribution in [0.5, 0.6) is 0 Å². The molecule has 2 aromatic rings. The van der Waals surface area contributed by atoms with E-state index in [0.717, 1.165) is 16.9 Å². The molecule has 0 aliphatic rings. The fourth-order valence-corrected chi connectivity index (χ4v) is 1.60. The Morgan fingerprint density at radius 2 is 2.33 bits per heavy atom. The summed E-state index contributed by atoms with van der Waals surface area (Å²) >= 11 is 0. The number of ether oxygens (including phenoxy) is 1. The van der Waals surface area contributed by atoms with Gasteiger partial charge in [0.15, 0.2) is 0 Å². The Labute approximate surface area is 105 Å². The average Bonchev–Trinajstić information content (AvgIpc) is 2.90. The number of aromatic amines is 1. The van der Waals surface area contributed by atoms with Crippen molar-refractivity contribution in [3.05, 3.63) is 36.5 Å². The summed E-state index contributed by atoms with van der Waals surface area (Å²) in [5.41, 5.74) is 2.67. The van der Waals surface area contributed by atoms with Gasteiger partial charge in [0, 0.05) is 24.6 Å². The summed E-state index contributed by atoms with van der Waals surface area (Å²) in [6, 6.07) is 9.48. The second-order valence-electron chi connectivity index (χ2n) is 3.84. The molecule has 5 heteroatoms. The number of nitrogens with zero attached hydrogens (tertiary/aromatic N) is 1. The van der Waals surface area contributed by atoms with Crippen LogP contribution in [0, 0.1) is 0 Å². The van der Waals surface area contributed by atoms with Crippen molar-refractivity contribution in [1.29, 1.82) is 0 Å². The van der Waals surface area contributed by atoms with Gasteiger partial charge in [0.2, 0.25) is 5.91 Å². The lowest BCUT2D eigenvalue weighted by molar-refractivity contribution is -0.117. The molecule has 1 heterocycles. The van der Waals surface area contributed by atoms with Gasteiger partial charge < -0.3 is 10.1 Å². The van der Waals surface area contributed by atoms with Crippen LogP contribution in [-0.4, -0.2) is 29.8 Å². The van der Waals surface area contributed by atoms with E-state index in [-0.39, 0.29) is 5.91 Å². The summed E-state index contributed by atoms with van der Waals surface area (Å²) < 4.78 is 4.86. The lowest BCUT2D eigenvalue weighted by atomic mass is 10.1. The van der Waals surface area contributed by atoms with Crippen LogP contribution in [0.25, 0.3) is 11.3 Å². The zero-order chi connectivity index (χ0) is 12.8. The van der Waals surface area contributed by atoms with E-state index >= 15 is 0 Å². The molecule has 0 fully saturated rings. The summed E-state index contributed by atoms with van der Waals surface area (Å²) in [6.45, 7) is 0.423. The van der Waals surface area contributed by atoms with Crippen LogP contribution in [0.1, 0.15) is 6.42 Å². The molecule has 1 amide bonds. The minimum absolute atomic E-state index is 0.0568. The highest BCUT2D eigenvalue weighted by Gasteiger charge is 2.04. The van der Waals surface area contributed by atoms with Crippen molar-refractivity contribution in [3.63, 3.8) is 0 Å². The predicted molar refractivity (Wildman–Crippen MR) is 69.1 cm³/mol. The number of aromatic nitrogens is 2. The standard InChI is InChI=1S/C13H15N3O2/c1-18-8-6-13(17)15-11-4-2-3-10(9-11)12-5-7-14-16-12/h2-5,7,9H,6,8H2,1H3,(H,14,16)(H,15,17). The van der Waals surface area contributed by atoms with Crippen LogP contribution < -0.4 is 5.32 Å². The van der Waals surface area contributed by atoms with Gasteiger partial charge in [-0.25, -0.2) is 0 Å². The minimum Gasteiger partial charge on any atom is -0.384 e. The molecule has 2 rings (SSSR count). The Hall–Kier alpha value is -2.14. The number of benzene rings is 1. The molecule has 1 aromatic carbocycles. The maximum absolute atomic E-state index is 11.6. The van der Waals surface area contributed by atoms with Crippen molar-refractivity contribution in [2.45, 2.75) is 6.42 Å². The smallest absolute Gasteiger partial charge is 0.226 e. The molecule has 0 aliphatic heterocycles. The zero-order valence-corrected chi connectivity index (χ0v) is 10.1. The molecule has 18 heavy (non-hydrogen) atoms. The number of nitrogens with one attached hydrogen (secondary N) is 2. The molecule has 0 saturated heterocycles. The number of methoxy groups -OCH3 is 1. The van der Waals surface area contributed by atoms with Gasteiger partial charge >= 0.3 is 0 Å². The van der Waals surface area contributed by atoms with Gasteiger partial charge in [-0.1, -0.05) is 12.1 Å². The number of rotatable bonds is 5. The van der Waals surface area contributed by atoms with Crippen molar-refractivity contribution < 1.29 is 9.53 Å². The number of hydrogen-bond donors (Lipinski definition) is 2. The highest BCUT2D eigenvalue weighted by atomic mass is 16.5. The van der Waals surface area contributed by atoms with Gasteiger partial charge in [-0.15, -0.1) is 0 Å². The molecular formula is C13H15N3O2. The van der Waals surface area contributed by atoms with Crippen LogP contribution in [0.3, 0.4) is 0 Å². The van der Waals surface area contributed by atoms with Gasteiger partial charge in [-0.3, -0.25) is 9.89 Å². The van der Waals surface area contributed by atoms with E-state index < -0.39 is 0 Å². The second-order valence-corrected chi connectivity index (χ2v) is 3.84. The van der Waals surface area contributed by atoms with Crippen LogP contribution in [0.15, 0.2) is 36.5 Å². The molecule has 5 nitrogen and oxygen atoms in total. The van der Waals surface area contributed by atoms with E-state index in [4.69, 9.17) is 4.74 Å². The summed E-state index contributed by atoms with van der Waals surface area (Å²) in [4.78, 5) is 11.6. The lowest BCUT2D eigenvalue weighted by Gasteiger charge is -2.06. The highest BCUT2D eigenvalue weighted by molar-refractivity contribution is 5.91. The Morgan fingerprint density at radius 3 is 3.06 bits per heavy atom. The summed E-state index contributed by atoms with van der Waals surface area (Å²) in [7, 11) is 1.58. The Morgan fingerprint density at radius 1 is 1.44 bits per heavy atom. The molecule has 1 aromatic heterocycles. The first-order valence-electron chi connectivity index (χ1n) is 5.68. The quantitative estimate of drug-likeness (QED) is 0.847. The van der Waals surface area contributed by atoms with Crippen molar-refractivity contribution in [2.75, 3.05) is 19.0 Å². The van der Waals surface area contributed by atoms with E-state index in [1.54, 1.807) is 13.3 Å². The van der Waals surface area contributed by atoms with E-state index in [2.05, 4.69) is 15.5 Å². The van der Waals surface area contributed by atoms with Crippen LogP contribution in [-0.2, 0) is 9.53 Å². The Balaban J connectivity index is 2.06. The summed E-state index contributed by atoms with van der Waals surface area (Å²) in [5.74, 6) is -0.0568. The number of anilines is 1. The summed E-state index contributed by atoms with van der Waals surface area (Å²) in [5, 5.41) is 9.61. The van der Waals surface area contributed by atoms with E-state index in [0.29, 0.717) is 13.0 Å². The molecular weight excluding hydrogens is 230 g/mol. The van der Waals surface area contributed by atoms with Crippen molar-refractivity contribution in [1.82, 2.24) is 10.2 Å². The van der Waals surface area contributed by atoms with Gasteiger partial charge in [-0.05, 0) is 18.2 Å². The maximum Gasteiger partial charge on any atom is 0.226 e. The van der Waals surface area contributed by atoms with Gasteiger partial charge in [0.25, 0.3) is 0 Å². The number of carbonyl (C=O) groups is 1. The molecule has 2 N–H and O–H groups in total. The van der Waals surface area contributed by atoms with E-state index in [1.807, 2.05) is 30.3 Å². The Kier molecular flexibility index (Phi) is 4.09. The molecule has 0 atom stereocenters. The molecule has 0 saturated carbocycles. The zero-order valence-electron chi connectivity index (χ0n) is 10.1. The molecule has 0 aliphatic carbocycles. The minimum atomic E-state index is -0.0568. The van der Waals surface area contributed by atoms with E-state index in [1.165, 1.54) is 0 Å². The molecule has 0 bridgehead atoms. The first-order chi connectivity index (χ1) is 8.79. The van der Waals surface area contributed by atoms with Crippen LogP contribution >= 0.6 is 0 Å². The maximum atomic E-state index is 11.6. The number of carbonyl (C=O) groups excluding carboxylic acids is 1. The topological polar surface area (TPSA) is 67.0 Å². The number of H-pyrrole nitrogens is 1. The van der Waals surface area contributed by atoms with Gasteiger partial charge in [-0.2, -0.15) is 5.10 Å². The summed E-state index contributed by atoms with van der Waals surface area (Å²) in [6.07, 6.45) is 2.05. The van der Waals surface area contributed by atoms with E-state index in [9.17, 15) is 4.79 Å². The first-order valence-corrected chi connectivity index (χ1v) is 5.68. The van der Waals surface area contributed by atoms with Gasteiger partial charge in [0.1, 0.15) is 0 Å². The molecule has 94 valence electrons. The Bertz CT molecular complexity index is 509. The third-order valence-electron chi connectivity index (χ3n) is 2.49. The molecule has 0 spiro atoms. The van der Waals surface area contributed by atoms with Crippen LogP contribution in [0.2, 0.25) is 0 Å². The number of hydrogen-bond acceptors (Lipinski definition) is 3. The largest absolute Gasteiger partial charge is 0.384 e. The molecule has 0 radical (unpaired) electrons. The predicted octanol–water partition coefficient (Wildman–Crippen LogP) is 2.05. The lowest BCUT2D eigenvalue weighted by Crippen LogP contribution is -2.13. The van der Waals surface area contributed by atoms with Crippen molar-refractivity contribution in [2.24, 2.45) is 0 Å². The molecule has 0 unspecified atom stereocenters. The third-order valence-corrected chi connectivity index (χ3v) is 2.49. The third kappa shape index (κ3) is 3.18. The monoisotopic (exact) mass is 245 g/mol. The van der Waals surface area contributed by atoms with Crippen molar-refractivity contribution >= 4 is 11.6 Å². The van der Waals surface area contributed by atoms with Crippen molar-refractivity contribution in [3.8, 4) is 11.3 Å².